The molecule has 374 valence electrons. The third kappa shape index (κ3) is 43.1. The van der Waals surface area contributed by atoms with E-state index in [0.717, 1.165) is 56.4 Å². The Morgan fingerprint density at radius 3 is 1.35 bits per heavy atom. The molecule has 2 heterocycles. The van der Waals surface area contributed by atoms with Gasteiger partial charge in [-0.1, -0.05) is 107 Å². The van der Waals surface area contributed by atoms with Gasteiger partial charge >= 0.3 is 5.97 Å². The molecular weight excluding hydrogens is 839 g/mol. The Morgan fingerprint density at radius 2 is 1.00 bits per heavy atom. The molecule has 2 aliphatic rings. The van der Waals surface area contributed by atoms with Crippen LogP contribution >= 0.6 is 0 Å². The summed E-state index contributed by atoms with van der Waals surface area (Å²) in [6, 6.07) is 0. The molecule has 66 heavy (non-hydrogen) atoms. The van der Waals surface area contributed by atoms with E-state index in [9.17, 15) is 43.2 Å². The second-order valence-electron chi connectivity index (χ2n) is 17.7. The number of esters is 1. The lowest BCUT2D eigenvalue weighted by atomic mass is 9.98. The number of nitrogens with one attached hydrogen (secondary N) is 2. The Balaban J connectivity index is -0.000000350. The molecule has 13 heteroatoms. The molecular formula is C53H87N3O10. The molecule has 0 atom stereocenters. The van der Waals surface area contributed by atoms with Crippen LogP contribution in [-0.4, -0.2) is 111 Å². The maximum Gasteiger partial charge on any atom is 0.330 e. The average Bonchev–Trinajstić information content (AvgIpc) is 3.79. The van der Waals surface area contributed by atoms with Gasteiger partial charge in [-0.2, -0.15) is 0 Å². The minimum absolute atomic E-state index is 0.00444. The van der Waals surface area contributed by atoms with Gasteiger partial charge in [0, 0.05) is 85.3 Å². The second kappa shape index (κ2) is 41.6. The summed E-state index contributed by atoms with van der Waals surface area (Å²) in [7, 11) is 3.95. The molecule has 0 amide bonds. The lowest BCUT2D eigenvalue weighted by Crippen LogP contribution is -2.27. The van der Waals surface area contributed by atoms with Crippen LogP contribution in [0.3, 0.4) is 0 Å². The van der Waals surface area contributed by atoms with Gasteiger partial charge in [-0.25, -0.2) is 4.79 Å². The fourth-order valence-electron chi connectivity index (χ4n) is 4.41. The number of allylic oxidation sites excluding steroid dienone is 6. The smallest absolute Gasteiger partial charge is 0.330 e. The van der Waals surface area contributed by atoms with E-state index in [-0.39, 0.29) is 81.8 Å². The van der Waals surface area contributed by atoms with E-state index in [1.807, 2.05) is 86.5 Å². The number of likely N-dealkylation sites (N-methyl/N-ethyl adjacent to an activating group) is 1. The molecule has 0 aromatic carbocycles. The minimum atomic E-state index is -0.466. The summed E-state index contributed by atoms with van der Waals surface area (Å²) in [5, 5.41) is 6.28. The molecule has 13 nitrogen and oxygen atoms in total. The lowest BCUT2D eigenvalue weighted by molar-refractivity contribution is -0.137. The van der Waals surface area contributed by atoms with Crippen molar-refractivity contribution >= 4 is 52.2 Å². The van der Waals surface area contributed by atoms with E-state index in [1.54, 1.807) is 59.8 Å². The van der Waals surface area contributed by atoms with E-state index in [0.29, 0.717) is 19.4 Å². The van der Waals surface area contributed by atoms with Gasteiger partial charge < -0.3 is 25.1 Å². The van der Waals surface area contributed by atoms with Crippen molar-refractivity contribution in [2.45, 2.75) is 123 Å². The summed E-state index contributed by atoms with van der Waals surface area (Å²) >= 11 is 0. The maximum atomic E-state index is 11.4. The fourth-order valence-corrected chi connectivity index (χ4v) is 4.41. The summed E-state index contributed by atoms with van der Waals surface area (Å²) in [5.41, 5.74) is 1.92. The molecule has 0 aliphatic carbocycles. The number of nitrogens with zero attached hydrogens (tertiary/aromatic N) is 1. The molecule has 0 saturated carbocycles. The quantitative estimate of drug-likeness (QED) is 0.0883. The van der Waals surface area contributed by atoms with Crippen molar-refractivity contribution < 1.29 is 47.9 Å². The molecule has 0 aromatic heterocycles. The van der Waals surface area contributed by atoms with Gasteiger partial charge in [0.1, 0.15) is 5.78 Å². The standard InChI is InChI=1S/C10H16O2.C9H15NO.C9H17NO.C9H14O3.C8H13NO.C8H12O2/c1-8(2)10(12)7-5-4-6-9(3)11;1-7(2)9(11)8-4-3-5-10-6-8;1-8(2)9(11)6-5-7-10(3)4;1-4-12-9(11)6-5-8(10)7(2)3;1-6(2)8(10)7-3-4-9-5-7;1-6(2)8(10)5-4-7(3)9/h5,7-8H,4,6H2,1-3H3;4,7,10H,3,5-6H2,1-2H3;5-6,8H,7H2,1-4H3;5-7H,4H2,1-3H3;3,6,9H,4-5H2,1-2H3;4-6H,1-3H3/b7-5+;;2*6-5+;;5-4+. The van der Waals surface area contributed by atoms with Crippen molar-refractivity contribution in [3.63, 3.8) is 0 Å². The maximum absolute atomic E-state index is 11.4. The van der Waals surface area contributed by atoms with Crippen molar-refractivity contribution in [3.8, 4) is 0 Å². The van der Waals surface area contributed by atoms with Crippen molar-refractivity contribution in [2.24, 2.45) is 35.5 Å². The highest BCUT2D eigenvalue weighted by Crippen LogP contribution is 2.09. The largest absolute Gasteiger partial charge is 0.463 e. The van der Waals surface area contributed by atoms with Crippen LogP contribution in [0.4, 0.5) is 0 Å². The van der Waals surface area contributed by atoms with Crippen LogP contribution in [0.1, 0.15) is 123 Å². The molecule has 0 unspecified atom stereocenters. The van der Waals surface area contributed by atoms with Crippen molar-refractivity contribution in [3.05, 3.63) is 71.9 Å². The van der Waals surface area contributed by atoms with E-state index >= 15 is 0 Å². The van der Waals surface area contributed by atoms with Gasteiger partial charge in [0.15, 0.2) is 40.5 Å². The van der Waals surface area contributed by atoms with E-state index < -0.39 is 5.97 Å². The molecule has 0 aromatic rings. The number of hydrogen-bond acceptors (Lipinski definition) is 13. The van der Waals surface area contributed by atoms with Gasteiger partial charge in [-0.15, -0.1) is 0 Å². The molecule has 0 fully saturated rings. The number of carbonyl (C=O) groups excluding carboxylic acids is 9. The van der Waals surface area contributed by atoms with E-state index in [2.05, 4.69) is 21.4 Å². The van der Waals surface area contributed by atoms with Crippen molar-refractivity contribution in [2.75, 3.05) is 53.4 Å². The van der Waals surface area contributed by atoms with Crippen LogP contribution in [0.15, 0.2) is 71.9 Å². The first-order chi connectivity index (χ1) is 30.6. The monoisotopic (exact) mass is 926 g/mol. The first kappa shape index (κ1) is 67.7. The third-order valence-electron chi connectivity index (χ3n) is 8.64. The molecule has 2 N–H and O–H groups in total. The SMILES string of the molecule is CC(=O)/C=C/C(=O)C(C)C.CC(=O)CC/C=C/C(=O)C(C)C.CC(C)C(=O)/C=C/CN(C)C.CC(C)C(=O)C1=CCCNC1.CC(C)C(=O)C1=CCNC1.CCOC(=O)/C=C/C(=O)C(C)C. The van der Waals surface area contributed by atoms with Gasteiger partial charge in [0.25, 0.3) is 0 Å². The predicted octanol–water partition coefficient (Wildman–Crippen LogP) is 8.03. The topological polar surface area (TPSA) is 190 Å². The molecule has 0 radical (unpaired) electrons. The Kier molecular flexibility index (Phi) is 42.7. The Bertz CT molecular complexity index is 1690. The minimum Gasteiger partial charge on any atom is -0.463 e. The molecule has 0 saturated heterocycles. The zero-order chi connectivity index (χ0) is 51.9. The van der Waals surface area contributed by atoms with Gasteiger partial charge in [0.2, 0.25) is 0 Å². The highest BCUT2D eigenvalue weighted by molar-refractivity contribution is 5.99. The van der Waals surface area contributed by atoms with Crippen LogP contribution in [-0.2, 0) is 47.9 Å². The second-order valence-corrected chi connectivity index (χ2v) is 17.7. The Morgan fingerprint density at radius 1 is 0.576 bits per heavy atom. The zero-order valence-corrected chi connectivity index (χ0v) is 43.6. The van der Waals surface area contributed by atoms with E-state index in [4.69, 9.17) is 0 Å². The normalized spacial score (nSPS) is 13.3. The van der Waals surface area contributed by atoms with Crippen LogP contribution in [0.2, 0.25) is 0 Å². The number of hydrogen-bond donors (Lipinski definition) is 2. The predicted molar refractivity (Wildman–Crippen MR) is 268 cm³/mol. The number of carbonyl (C=O) groups is 9. The zero-order valence-electron chi connectivity index (χ0n) is 43.6. The van der Waals surface area contributed by atoms with Crippen LogP contribution in [0.5, 0.6) is 0 Å². The Hall–Kier alpha value is -4.85. The third-order valence-corrected chi connectivity index (χ3v) is 8.64. The van der Waals surface area contributed by atoms with Crippen LogP contribution in [0.25, 0.3) is 0 Å². The summed E-state index contributed by atoms with van der Waals surface area (Å²) < 4.78 is 4.59. The summed E-state index contributed by atoms with van der Waals surface area (Å²) in [6.07, 6.45) is 18.1. The van der Waals surface area contributed by atoms with Gasteiger partial charge in [-0.05, 0) is 84.6 Å². The number of Topliss-reactive ketones (excluding diaryl/α,β-unsaturated/α-hetero) is 3. The summed E-state index contributed by atoms with van der Waals surface area (Å²) in [4.78, 5) is 100.0. The first-order valence-corrected chi connectivity index (χ1v) is 23.2. The van der Waals surface area contributed by atoms with Gasteiger partial charge in [0.05, 0.1) is 6.61 Å². The summed E-state index contributed by atoms with van der Waals surface area (Å²) in [6.45, 7) is 31.7. The number of rotatable bonds is 20. The van der Waals surface area contributed by atoms with Crippen molar-refractivity contribution in [1.29, 1.82) is 0 Å². The molecule has 2 aliphatic heterocycles. The highest BCUT2D eigenvalue weighted by Gasteiger charge is 2.16. The van der Waals surface area contributed by atoms with Crippen molar-refractivity contribution in [1.82, 2.24) is 15.5 Å². The van der Waals surface area contributed by atoms with Crippen LogP contribution in [0, 0.1) is 35.5 Å². The molecule has 0 bridgehead atoms. The summed E-state index contributed by atoms with van der Waals surface area (Å²) in [5.74, 6) is 0.800. The van der Waals surface area contributed by atoms with Crippen LogP contribution < -0.4 is 10.6 Å². The number of ether oxygens (including phenoxy) is 1. The fraction of sp³-hybridized carbons (Fsp3) is 0.604. The highest BCUT2D eigenvalue weighted by atomic mass is 16.5. The van der Waals surface area contributed by atoms with E-state index in [1.165, 1.54) is 25.2 Å². The first-order valence-electron chi connectivity index (χ1n) is 23.2. The molecule has 0 spiro atoms. The molecule has 2 rings (SSSR count). The Labute approximate surface area is 398 Å². The lowest BCUT2D eigenvalue weighted by Gasteiger charge is -2.14. The van der Waals surface area contributed by atoms with Gasteiger partial charge in [-0.3, -0.25) is 33.6 Å². The average molecular weight is 926 g/mol. The number of ketones is 8.